The molecule has 1 aliphatic heterocycles. The number of pyridine rings is 1. The van der Waals surface area contributed by atoms with Crippen molar-refractivity contribution in [2.45, 2.75) is 44.5 Å². The molecule has 0 saturated carbocycles. The molecule has 0 bridgehead atoms. The van der Waals surface area contributed by atoms with E-state index >= 15 is 0 Å². The molecular formula is C20H26FN3O. The number of piperidine rings is 1. The van der Waals surface area contributed by atoms with Crippen LogP contribution in [0.1, 0.15) is 37.0 Å². The molecule has 25 heavy (non-hydrogen) atoms. The standard InChI is InChI=1S/C20H26FN3O/c1-15(20(25)17-2-4-18(21)5-3-17)23-19-8-12-24(13-9-19)14-16-6-10-22-11-7-16/h2-7,10-11,15,19-20,23,25H,8-9,12-14H2,1H3. The summed E-state index contributed by atoms with van der Waals surface area (Å²) >= 11 is 0. The third kappa shape index (κ3) is 5.08. The van der Waals surface area contributed by atoms with E-state index < -0.39 is 6.10 Å². The van der Waals surface area contributed by atoms with Gasteiger partial charge in [-0.25, -0.2) is 4.39 Å². The van der Waals surface area contributed by atoms with Crippen molar-refractivity contribution in [3.8, 4) is 0 Å². The van der Waals surface area contributed by atoms with E-state index in [0.29, 0.717) is 6.04 Å². The molecule has 2 unspecified atom stereocenters. The second-order valence-corrected chi connectivity index (χ2v) is 6.86. The molecule has 0 radical (unpaired) electrons. The molecule has 0 aliphatic carbocycles. The highest BCUT2D eigenvalue weighted by Gasteiger charge is 2.23. The molecule has 2 N–H and O–H groups in total. The molecule has 1 aromatic heterocycles. The van der Waals surface area contributed by atoms with E-state index in [4.69, 9.17) is 0 Å². The van der Waals surface area contributed by atoms with Gasteiger partial charge in [-0.3, -0.25) is 9.88 Å². The summed E-state index contributed by atoms with van der Waals surface area (Å²) in [6.45, 7) is 5.03. The monoisotopic (exact) mass is 343 g/mol. The van der Waals surface area contributed by atoms with Crippen molar-refractivity contribution in [1.82, 2.24) is 15.2 Å². The first kappa shape index (κ1) is 18.0. The number of halogens is 1. The van der Waals surface area contributed by atoms with Gasteiger partial charge in [0.25, 0.3) is 0 Å². The molecule has 134 valence electrons. The van der Waals surface area contributed by atoms with Crippen molar-refractivity contribution < 1.29 is 9.50 Å². The predicted octanol–water partition coefficient (Wildman–Crippen LogP) is 2.90. The van der Waals surface area contributed by atoms with Gasteiger partial charge in [-0.1, -0.05) is 12.1 Å². The summed E-state index contributed by atoms with van der Waals surface area (Å²) in [5.41, 5.74) is 2.04. The van der Waals surface area contributed by atoms with E-state index in [2.05, 4.69) is 27.3 Å². The van der Waals surface area contributed by atoms with E-state index in [1.807, 2.05) is 19.3 Å². The van der Waals surface area contributed by atoms with Crippen LogP contribution in [0, 0.1) is 5.82 Å². The molecule has 3 rings (SSSR count). The molecule has 5 heteroatoms. The topological polar surface area (TPSA) is 48.4 Å². The zero-order chi connectivity index (χ0) is 17.6. The summed E-state index contributed by atoms with van der Waals surface area (Å²) in [7, 11) is 0. The number of likely N-dealkylation sites (tertiary alicyclic amines) is 1. The van der Waals surface area contributed by atoms with Gasteiger partial charge in [-0.2, -0.15) is 0 Å². The normalized spacial score (nSPS) is 18.8. The Morgan fingerprint density at radius 3 is 2.44 bits per heavy atom. The molecular weight excluding hydrogens is 317 g/mol. The van der Waals surface area contributed by atoms with Gasteiger partial charge in [0.15, 0.2) is 0 Å². The molecule has 1 fully saturated rings. The van der Waals surface area contributed by atoms with Crippen molar-refractivity contribution in [2.75, 3.05) is 13.1 Å². The molecule has 4 nitrogen and oxygen atoms in total. The quantitative estimate of drug-likeness (QED) is 0.847. The van der Waals surface area contributed by atoms with Crippen molar-refractivity contribution >= 4 is 0 Å². The van der Waals surface area contributed by atoms with Gasteiger partial charge in [-0.05, 0) is 68.2 Å². The first-order valence-corrected chi connectivity index (χ1v) is 8.92. The Hall–Kier alpha value is -1.82. The summed E-state index contributed by atoms with van der Waals surface area (Å²) in [6.07, 6.45) is 5.16. The van der Waals surface area contributed by atoms with Gasteiger partial charge in [0.05, 0.1) is 6.10 Å². The highest BCUT2D eigenvalue weighted by atomic mass is 19.1. The van der Waals surface area contributed by atoms with E-state index in [1.54, 1.807) is 12.1 Å². The number of hydrogen-bond acceptors (Lipinski definition) is 4. The molecule has 0 spiro atoms. The number of benzene rings is 1. The largest absolute Gasteiger partial charge is 0.387 e. The average Bonchev–Trinajstić information content (AvgIpc) is 2.64. The van der Waals surface area contributed by atoms with Crippen LogP contribution in [0.15, 0.2) is 48.8 Å². The van der Waals surface area contributed by atoms with Gasteiger partial charge in [0.2, 0.25) is 0 Å². The Balaban J connectivity index is 1.46. The lowest BCUT2D eigenvalue weighted by Gasteiger charge is -2.35. The van der Waals surface area contributed by atoms with Crippen LogP contribution in [0.5, 0.6) is 0 Å². The summed E-state index contributed by atoms with van der Waals surface area (Å²) < 4.78 is 13.0. The summed E-state index contributed by atoms with van der Waals surface area (Å²) in [4.78, 5) is 6.51. The maximum atomic E-state index is 13.0. The van der Waals surface area contributed by atoms with Crippen LogP contribution in [-0.2, 0) is 6.54 Å². The van der Waals surface area contributed by atoms with Crippen molar-refractivity contribution in [3.63, 3.8) is 0 Å². The van der Waals surface area contributed by atoms with Crippen LogP contribution in [0.3, 0.4) is 0 Å². The molecule has 1 saturated heterocycles. The maximum Gasteiger partial charge on any atom is 0.123 e. The van der Waals surface area contributed by atoms with Crippen LogP contribution in [0.4, 0.5) is 4.39 Å². The second-order valence-electron chi connectivity index (χ2n) is 6.86. The van der Waals surface area contributed by atoms with Crippen LogP contribution >= 0.6 is 0 Å². The molecule has 0 amide bonds. The van der Waals surface area contributed by atoms with Gasteiger partial charge in [0.1, 0.15) is 5.82 Å². The third-order valence-corrected chi connectivity index (χ3v) is 4.93. The van der Waals surface area contributed by atoms with Crippen LogP contribution in [0.2, 0.25) is 0 Å². The Kier molecular flexibility index (Phi) is 6.13. The van der Waals surface area contributed by atoms with E-state index in [1.165, 1.54) is 17.7 Å². The molecule has 1 aromatic carbocycles. The van der Waals surface area contributed by atoms with Crippen molar-refractivity contribution in [1.29, 1.82) is 0 Å². The number of aliphatic hydroxyl groups excluding tert-OH is 1. The fourth-order valence-electron chi connectivity index (χ4n) is 3.42. The number of nitrogens with one attached hydrogen (secondary N) is 1. The smallest absolute Gasteiger partial charge is 0.123 e. The van der Waals surface area contributed by atoms with E-state index in [9.17, 15) is 9.50 Å². The van der Waals surface area contributed by atoms with E-state index in [0.717, 1.165) is 38.0 Å². The number of rotatable bonds is 6. The minimum absolute atomic E-state index is 0.0674. The van der Waals surface area contributed by atoms with E-state index in [-0.39, 0.29) is 11.9 Å². The first-order chi connectivity index (χ1) is 12.1. The van der Waals surface area contributed by atoms with Crippen LogP contribution < -0.4 is 5.32 Å². The summed E-state index contributed by atoms with van der Waals surface area (Å²) in [5, 5.41) is 14.0. The minimum Gasteiger partial charge on any atom is -0.387 e. The highest BCUT2D eigenvalue weighted by Crippen LogP contribution is 2.20. The highest BCUT2D eigenvalue weighted by molar-refractivity contribution is 5.19. The predicted molar refractivity (Wildman–Crippen MR) is 96.5 cm³/mol. The maximum absolute atomic E-state index is 13.0. The minimum atomic E-state index is -0.629. The van der Waals surface area contributed by atoms with Gasteiger partial charge < -0.3 is 10.4 Å². The Morgan fingerprint density at radius 2 is 1.80 bits per heavy atom. The summed E-state index contributed by atoms with van der Waals surface area (Å²) in [5.74, 6) is -0.280. The SMILES string of the molecule is CC(NC1CCN(Cc2ccncc2)CC1)C(O)c1ccc(F)cc1. The number of hydrogen-bond donors (Lipinski definition) is 2. The lowest BCUT2D eigenvalue weighted by molar-refractivity contribution is 0.114. The van der Waals surface area contributed by atoms with Crippen molar-refractivity contribution in [2.24, 2.45) is 0 Å². The lowest BCUT2D eigenvalue weighted by Crippen LogP contribution is -2.46. The van der Waals surface area contributed by atoms with Crippen molar-refractivity contribution in [3.05, 3.63) is 65.7 Å². The molecule has 2 atom stereocenters. The Morgan fingerprint density at radius 1 is 1.16 bits per heavy atom. The van der Waals surface area contributed by atoms with Crippen LogP contribution in [-0.4, -0.2) is 40.2 Å². The zero-order valence-electron chi connectivity index (χ0n) is 14.6. The average molecular weight is 343 g/mol. The molecule has 2 aromatic rings. The van der Waals surface area contributed by atoms with Gasteiger partial charge in [-0.15, -0.1) is 0 Å². The number of aliphatic hydroxyl groups is 1. The first-order valence-electron chi connectivity index (χ1n) is 8.92. The third-order valence-electron chi connectivity index (χ3n) is 4.93. The Bertz CT molecular complexity index is 642. The van der Waals surface area contributed by atoms with Gasteiger partial charge in [0, 0.05) is 31.0 Å². The van der Waals surface area contributed by atoms with Gasteiger partial charge >= 0.3 is 0 Å². The Labute approximate surface area is 148 Å². The second kappa shape index (κ2) is 8.52. The van der Waals surface area contributed by atoms with Crippen LogP contribution in [0.25, 0.3) is 0 Å². The fraction of sp³-hybridized carbons (Fsp3) is 0.450. The zero-order valence-corrected chi connectivity index (χ0v) is 14.6. The number of nitrogens with zero attached hydrogens (tertiary/aromatic N) is 2. The molecule has 2 heterocycles. The number of aromatic nitrogens is 1. The fourth-order valence-corrected chi connectivity index (χ4v) is 3.42. The summed E-state index contributed by atoms with van der Waals surface area (Å²) in [6, 6.07) is 10.5. The lowest BCUT2D eigenvalue weighted by atomic mass is 9.99. The molecule has 1 aliphatic rings.